The molecule has 3 nitrogen and oxygen atoms in total. The van der Waals surface area contributed by atoms with Gasteiger partial charge in [-0.2, -0.15) is 11.8 Å². The van der Waals surface area contributed by atoms with Crippen LogP contribution in [0.1, 0.15) is 26.7 Å². The highest BCUT2D eigenvalue weighted by Gasteiger charge is 2.46. The molecule has 0 aromatic heterocycles. The van der Waals surface area contributed by atoms with Crippen LogP contribution in [0, 0.1) is 0 Å². The Morgan fingerprint density at radius 3 is 2.71 bits per heavy atom. The highest BCUT2D eigenvalue weighted by atomic mass is 32.2. The zero-order valence-electron chi connectivity index (χ0n) is 11.5. The maximum atomic E-state index is 6.14. The molecule has 2 aliphatic heterocycles. The molecule has 0 aromatic rings. The summed E-state index contributed by atoms with van der Waals surface area (Å²) in [5.74, 6) is 1.28. The first-order chi connectivity index (χ1) is 8.14. The first kappa shape index (κ1) is 13.7. The molecule has 17 heavy (non-hydrogen) atoms. The summed E-state index contributed by atoms with van der Waals surface area (Å²) >= 11 is 2.10. The molecular formula is C13H27N3S. The van der Waals surface area contributed by atoms with Crippen LogP contribution in [0.3, 0.4) is 0 Å². The zero-order valence-corrected chi connectivity index (χ0v) is 12.3. The normalized spacial score (nSPS) is 40.9. The molecular weight excluding hydrogens is 230 g/mol. The van der Waals surface area contributed by atoms with E-state index in [4.69, 9.17) is 5.73 Å². The average molecular weight is 257 g/mol. The molecule has 2 heterocycles. The summed E-state index contributed by atoms with van der Waals surface area (Å²) in [6, 6.07) is 0.713. The third-order valence-electron chi connectivity index (χ3n) is 4.89. The fourth-order valence-electron chi connectivity index (χ4n) is 3.37. The van der Waals surface area contributed by atoms with E-state index in [0.717, 1.165) is 6.54 Å². The van der Waals surface area contributed by atoms with Crippen molar-refractivity contribution in [1.82, 2.24) is 9.80 Å². The van der Waals surface area contributed by atoms with E-state index >= 15 is 0 Å². The van der Waals surface area contributed by atoms with Crippen molar-refractivity contribution in [2.75, 3.05) is 39.0 Å². The second-order valence-electron chi connectivity index (χ2n) is 5.56. The van der Waals surface area contributed by atoms with Crippen molar-refractivity contribution in [1.29, 1.82) is 0 Å². The van der Waals surface area contributed by atoms with Crippen molar-refractivity contribution >= 4 is 11.8 Å². The number of nitrogens with two attached hydrogens (primary N) is 1. The molecule has 2 rings (SSSR count). The zero-order chi connectivity index (χ0) is 12.5. The van der Waals surface area contributed by atoms with E-state index in [0.29, 0.717) is 11.3 Å². The van der Waals surface area contributed by atoms with Crippen LogP contribution in [0.2, 0.25) is 0 Å². The van der Waals surface area contributed by atoms with Gasteiger partial charge in [0, 0.05) is 43.0 Å². The summed E-state index contributed by atoms with van der Waals surface area (Å²) in [4.78, 5) is 5.21. The Balaban J connectivity index is 2.10. The van der Waals surface area contributed by atoms with E-state index in [1.165, 1.54) is 38.2 Å². The van der Waals surface area contributed by atoms with Crippen LogP contribution in [0.4, 0.5) is 0 Å². The van der Waals surface area contributed by atoms with Gasteiger partial charge in [-0.1, -0.05) is 13.8 Å². The van der Waals surface area contributed by atoms with Gasteiger partial charge in [0.2, 0.25) is 0 Å². The van der Waals surface area contributed by atoms with E-state index in [1.807, 2.05) is 0 Å². The predicted molar refractivity (Wildman–Crippen MR) is 76.6 cm³/mol. The Morgan fingerprint density at radius 1 is 1.41 bits per heavy atom. The van der Waals surface area contributed by atoms with Gasteiger partial charge in [-0.05, 0) is 25.6 Å². The predicted octanol–water partition coefficient (Wildman–Crippen LogP) is 1.24. The lowest BCUT2D eigenvalue weighted by atomic mass is 9.88. The molecule has 0 spiro atoms. The smallest absolute Gasteiger partial charge is 0.0456 e. The Bertz CT molecular complexity index is 261. The fraction of sp³-hybridized carbons (Fsp3) is 1.00. The number of hydrogen-bond donors (Lipinski definition) is 1. The molecule has 100 valence electrons. The van der Waals surface area contributed by atoms with E-state index < -0.39 is 0 Å². The van der Waals surface area contributed by atoms with Gasteiger partial charge in [-0.3, -0.25) is 4.90 Å². The minimum Gasteiger partial charge on any atom is -0.329 e. The molecule has 2 saturated heterocycles. The molecule has 0 amide bonds. The van der Waals surface area contributed by atoms with Crippen LogP contribution >= 0.6 is 11.8 Å². The van der Waals surface area contributed by atoms with Gasteiger partial charge < -0.3 is 10.6 Å². The topological polar surface area (TPSA) is 32.5 Å². The Kier molecular flexibility index (Phi) is 4.40. The van der Waals surface area contributed by atoms with Crippen molar-refractivity contribution in [3.8, 4) is 0 Å². The second kappa shape index (κ2) is 5.47. The highest BCUT2D eigenvalue weighted by molar-refractivity contribution is 8.00. The van der Waals surface area contributed by atoms with Gasteiger partial charge in [-0.25, -0.2) is 0 Å². The molecule has 3 atom stereocenters. The molecule has 2 aliphatic rings. The molecule has 2 N–H and O–H groups in total. The number of hydrogen-bond acceptors (Lipinski definition) is 4. The van der Waals surface area contributed by atoms with Gasteiger partial charge in [0.25, 0.3) is 0 Å². The second-order valence-corrected chi connectivity index (χ2v) is 7.01. The maximum Gasteiger partial charge on any atom is 0.0456 e. The number of nitrogens with zero attached hydrogens (tertiary/aromatic N) is 2. The van der Waals surface area contributed by atoms with Gasteiger partial charge in [0.05, 0.1) is 0 Å². The van der Waals surface area contributed by atoms with Crippen LogP contribution in [-0.2, 0) is 0 Å². The monoisotopic (exact) mass is 257 g/mol. The SMILES string of the molecule is CCC1CN(C2(CN)CCSC2C)CCN1C. The molecule has 3 unspecified atom stereocenters. The third kappa shape index (κ3) is 2.37. The largest absolute Gasteiger partial charge is 0.329 e. The van der Waals surface area contributed by atoms with Crippen molar-refractivity contribution in [3.63, 3.8) is 0 Å². The van der Waals surface area contributed by atoms with Crippen molar-refractivity contribution < 1.29 is 0 Å². The summed E-state index contributed by atoms with van der Waals surface area (Å²) in [5.41, 5.74) is 6.42. The lowest BCUT2D eigenvalue weighted by Crippen LogP contribution is -2.64. The number of piperazine rings is 1. The van der Waals surface area contributed by atoms with Crippen LogP contribution in [0.25, 0.3) is 0 Å². The Morgan fingerprint density at radius 2 is 2.18 bits per heavy atom. The quantitative estimate of drug-likeness (QED) is 0.824. The van der Waals surface area contributed by atoms with Gasteiger partial charge in [0.15, 0.2) is 0 Å². The average Bonchev–Trinajstić information content (AvgIpc) is 2.72. The maximum absolute atomic E-state index is 6.14. The van der Waals surface area contributed by atoms with Crippen molar-refractivity contribution in [2.45, 2.75) is 43.5 Å². The van der Waals surface area contributed by atoms with Crippen LogP contribution < -0.4 is 5.73 Å². The van der Waals surface area contributed by atoms with Gasteiger partial charge in [0.1, 0.15) is 0 Å². The third-order valence-corrected chi connectivity index (χ3v) is 6.27. The molecule has 0 saturated carbocycles. The molecule has 4 heteroatoms. The summed E-state index contributed by atoms with van der Waals surface area (Å²) in [6.07, 6.45) is 2.52. The highest BCUT2D eigenvalue weighted by Crippen LogP contribution is 2.40. The number of likely N-dealkylation sites (N-methyl/N-ethyl adjacent to an activating group) is 1. The minimum absolute atomic E-state index is 0.277. The standard InChI is InChI=1S/C13H27N3S/c1-4-12-9-16(7-6-15(12)3)13(10-14)5-8-17-11(13)2/h11-12H,4-10,14H2,1-3H3. The fourth-order valence-corrected chi connectivity index (χ4v) is 4.87. The molecule has 0 aromatic carbocycles. The van der Waals surface area contributed by atoms with E-state index in [1.54, 1.807) is 0 Å². The van der Waals surface area contributed by atoms with Gasteiger partial charge >= 0.3 is 0 Å². The first-order valence-electron chi connectivity index (χ1n) is 6.91. The lowest BCUT2D eigenvalue weighted by Gasteiger charge is -2.49. The van der Waals surface area contributed by atoms with E-state index in [9.17, 15) is 0 Å². The van der Waals surface area contributed by atoms with Crippen LogP contribution in [0.5, 0.6) is 0 Å². The minimum atomic E-state index is 0.277. The molecule has 0 bridgehead atoms. The Labute approximate surface area is 110 Å². The summed E-state index contributed by atoms with van der Waals surface area (Å²) in [5, 5.41) is 0.688. The molecule has 0 aliphatic carbocycles. The van der Waals surface area contributed by atoms with Crippen molar-refractivity contribution in [3.05, 3.63) is 0 Å². The van der Waals surface area contributed by atoms with Crippen LogP contribution in [0.15, 0.2) is 0 Å². The summed E-state index contributed by atoms with van der Waals surface area (Å²) in [6.45, 7) is 9.07. The summed E-state index contributed by atoms with van der Waals surface area (Å²) in [7, 11) is 2.26. The van der Waals surface area contributed by atoms with E-state index in [2.05, 4.69) is 42.5 Å². The number of rotatable bonds is 3. The first-order valence-corrected chi connectivity index (χ1v) is 7.96. The van der Waals surface area contributed by atoms with Crippen molar-refractivity contribution in [2.24, 2.45) is 5.73 Å². The number of thioether (sulfide) groups is 1. The van der Waals surface area contributed by atoms with E-state index in [-0.39, 0.29) is 5.54 Å². The Hall–Kier alpha value is 0.230. The molecule has 0 radical (unpaired) electrons. The lowest BCUT2D eigenvalue weighted by molar-refractivity contribution is 0.0142. The summed E-state index contributed by atoms with van der Waals surface area (Å²) < 4.78 is 0. The van der Waals surface area contributed by atoms with Crippen LogP contribution in [-0.4, -0.2) is 65.6 Å². The molecule has 2 fully saturated rings. The van der Waals surface area contributed by atoms with Gasteiger partial charge in [-0.15, -0.1) is 0 Å².